The van der Waals surface area contributed by atoms with E-state index in [-0.39, 0.29) is 18.0 Å². The van der Waals surface area contributed by atoms with Gasteiger partial charge in [-0.3, -0.25) is 0 Å². The van der Waals surface area contributed by atoms with E-state index in [0.717, 1.165) is 4.31 Å². The zero-order valence-corrected chi connectivity index (χ0v) is 13.3. The minimum Gasteiger partial charge on any atom is -0.395 e. The fraction of sp³-hybridized carbons (Fsp3) is 0.467. The van der Waals surface area contributed by atoms with Gasteiger partial charge in [0.2, 0.25) is 10.0 Å². The summed E-state index contributed by atoms with van der Waals surface area (Å²) in [6, 6.07) is 6.31. The van der Waals surface area contributed by atoms with Gasteiger partial charge in [0.05, 0.1) is 17.1 Å². The Hall–Kier alpha value is -1.39. The molecule has 0 unspecified atom stereocenters. The van der Waals surface area contributed by atoms with Crippen LogP contribution in [0.15, 0.2) is 29.2 Å². The molecule has 21 heavy (non-hydrogen) atoms. The van der Waals surface area contributed by atoms with Crippen molar-refractivity contribution in [2.45, 2.75) is 30.8 Å². The second kappa shape index (κ2) is 7.05. The van der Waals surface area contributed by atoms with Crippen LogP contribution in [-0.4, -0.2) is 48.7 Å². The Labute approximate surface area is 126 Å². The van der Waals surface area contributed by atoms with E-state index in [1.807, 2.05) is 0 Å². The molecule has 5 nitrogen and oxygen atoms in total. The van der Waals surface area contributed by atoms with E-state index in [0.29, 0.717) is 12.0 Å². The van der Waals surface area contributed by atoms with Crippen LogP contribution in [0.1, 0.15) is 25.8 Å². The van der Waals surface area contributed by atoms with Crippen LogP contribution < -0.4 is 0 Å². The van der Waals surface area contributed by atoms with E-state index in [1.165, 1.54) is 19.2 Å². The molecule has 0 atom stereocenters. The number of aliphatic hydroxyl groups is 2. The van der Waals surface area contributed by atoms with Gasteiger partial charge in [-0.2, -0.15) is 4.31 Å². The summed E-state index contributed by atoms with van der Waals surface area (Å²) in [6.07, 6.45) is 0.343. The molecule has 1 rings (SSSR count). The molecule has 0 radical (unpaired) electrons. The number of hydrogen-bond donors (Lipinski definition) is 2. The standard InChI is InChI=1S/C15H21NO4S/c1-15(2,18)12-16(3)21(19,20)14-9-6-8-13(11-14)7-4-5-10-17/h6,8-9,11,17-18H,5,10,12H2,1-3H3. The normalized spacial score (nSPS) is 12.1. The molecule has 0 bridgehead atoms. The average molecular weight is 311 g/mol. The first kappa shape index (κ1) is 17.7. The largest absolute Gasteiger partial charge is 0.395 e. The minimum atomic E-state index is -3.67. The number of nitrogens with zero attached hydrogens (tertiary/aromatic N) is 1. The van der Waals surface area contributed by atoms with Crippen LogP contribution >= 0.6 is 0 Å². The molecule has 0 spiro atoms. The Kier molecular flexibility index (Phi) is 5.93. The second-order valence-corrected chi connectivity index (χ2v) is 7.42. The van der Waals surface area contributed by atoms with Gasteiger partial charge in [-0.05, 0) is 32.0 Å². The third-order valence-corrected chi connectivity index (χ3v) is 4.42. The lowest BCUT2D eigenvalue weighted by Crippen LogP contribution is -2.39. The molecule has 6 heteroatoms. The average Bonchev–Trinajstić information content (AvgIpc) is 2.37. The van der Waals surface area contributed by atoms with E-state index in [1.54, 1.807) is 26.0 Å². The van der Waals surface area contributed by atoms with Gasteiger partial charge in [0.15, 0.2) is 0 Å². The number of likely N-dealkylation sites (N-methyl/N-ethyl adjacent to an activating group) is 1. The summed E-state index contributed by atoms with van der Waals surface area (Å²) in [5, 5.41) is 18.4. The van der Waals surface area contributed by atoms with Gasteiger partial charge in [0, 0.05) is 25.6 Å². The third-order valence-electron chi connectivity index (χ3n) is 2.62. The quantitative estimate of drug-likeness (QED) is 0.789. The maximum Gasteiger partial charge on any atom is 0.242 e. The SMILES string of the molecule is CN(CC(C)(C)O)S(=O)(=O)c1cccc(C#CCCO)c1. The smallest absolute Gasteiger partial charge is 0.242 e. The van der Waals surface area contributed by atoms with Gasteiger partial charge in [-0.1, -0.05) is 17.9 Å². The Bertz CT molecular complexity index is 636. The Morgan fingerprint density at radius 2 is 2.00 bits per heavy atom. The zero-order chi connectivity index (χ0) is 16.1. The van der Waals surface area contributed by atoms with Crippen LogP contribution in [0.5, 0.6) is 0 Å². The highest BCUT2D eigenvalue weighted by molar-refractivity contribution is 7.89. The highest BCUT2D eigenvalue weighted by Crippen LogP contribution is 2.17. The molecule has 1 aromatic rings. The van der Waals surface area contributed by atoms with Crippen molar-refractivity contribution in [3.05, 3.63) is 29.8 Å². The molecular weight excluding hydrogens is 290 g/mol. The van der Waals surface area contributed by atoms with Crippen LogP contribution in [0.3, 0.4) is 0 Å². The van der Waals surface area contributed by atoms with Crippen molar-refractivity contribution in [1.82, 2.24) is 4.31 Å². The van der Waals surface area contributed by atoms with Crippen LogP contribution in [0.2, 0.25) is 0 Å². The molecule has 0 fully saturated rings. The lowest BCUT2D eigenvalue weighted by atomic mass is 10.1. The molecule has 1 aromatic carbocycles. The summed E-state index contributed by atoms with van der Waals surface area (Å²) in [5.41, 5.74) is -0.540. The minimum absolute atomic E-state index is 0.00421. The van der Waals surface area contributed by atoms with E-state index < -0.39 is 15.6 Å². The molecule has 2 N–H and O–H groups in total. The Morgan fingerprint density at radius 3 is 2.57 bits per heavy atom. The maximum atomic E-state index is 12.4. The molecule has 0 heterocycles. The monoisotopic (exact) mass is 311 g/mol. The van der Waals surface area contributed by atoms with Crippen molar-refractivity contribution in [3.8, 4) is 11.8 Å². The van der Waals surface area contributed by atoms with Crippen molar-refractivity contribution >= 4 is 10.0 Å². The summed E-state index contributed by atoms with van der Waals surface area (Å²) < 4.78 is 26.0. The highest BCUT2D eigenvalue weighted by atomic mass is 32.2. The molecule has 0 aromatic heterocycles. The van der Waals surface area contributed by atoms with Gasteiger partial charge < -0.3 is 10.2 Å². The van der Waals surface area contributed by atoms with E-state index in [4.69, 9.17) is 5.11 Å². The predicted molar refractivity (Wildman–Crippen MR) is 81.1 cm³/mol. The van der Waals surface area contributed by atoms with Crippen LogP contribution in [0.4, 0.5) is 0 Å². The summed E-state index contributed by atoms with van der Waals surface area (Å²) in [6.45, 7) is 3.07. The fourth-order valence-corrected chi connectivity index (χ4v) is 3.14. The number of aliphatic hydroxyl groups excluding tert-OH is 1. The van der Waals surface area contributed by atoms with Crippen LogP contribution in [0.25, 0.3) is 0 Å². The first-order valence-corrected chi connectivity index (χ1v) is 7.99. The number of benzene rings is 1. The van der Waals surface area contributed by atoms with Gasteiger partial charge in [-0.15, -0.1) is 0 Å². The summed E-state index contributed by atoms with van der Waals surface area (Å²) in [5.74, 6) is 5.55. The number of sulfonamides is 1. The highest BCUT2D eigenvalue weighted by Gasteiger charge is 2.26. The van der Waals surface area contributed by atoms with Crippen LogP contribution in [0, 0.1) is 11.8 Å². The zero-order valence-electron chi connectivity index (χ0n) is 12.5. The van der Waals surface area contributed by atoms with E-state index >= 15 is 0 Å². The van der Waals surface area contributed by atoms with Gasteiger partial charge >= 0.3 is 0 Å². The third kappa shape index (κ3) is 5.48. The first-order valence-electron chi connectivity index (χ1n) is 6.55. The molecule has 0 aliphatic heterocycles. The Balaban J connectivity index is 3.04. The van der Waals surface area contributed by atoms with Crippen molar-refractivity contribution in [1.29, 1.82) is 0 Å². The summed E-state index contributed by atoms with van der Waals surface area (Å²) in [7, 11) is -2.24. The Morgan fingerprint density at radius 1 is 1.33 bits per heavy atom. The van der Waals surface area contributed by atoms with E-state index in [9.17, 15) is 13.5 Å². The van der Waals surface area contributed by atoms with E-state index in [2.05, 4.69) is 11.8 Å². The second-order valence-electron chi connectivity index (χ2n) is 5.38. The molecule has 0 aliphatic carbocycles. The first-order chi connectivity index (χ1) is 9.66. The molecular formula is C15H21NO4S. The molecule has 0 saturated carbocycles. The van der Waals surface area contributed by atoms with Crippen molar-refractivity contribution in [2.75, 3.05) is 20.2 Å². The lowest BCUT2D eigenvalue weighted by Gasteiger charge is -2.25. The number of rotatable bonds is 5. The van der Waals surface area contributed by atoms with Crippen molar-refractivity contribution in [2.24, 2.45) is 0 Å². The van der Waals surface area contributed by atoms with Crippen LogP contribution in [-0.2, 0) is 10.0 Å². The molecule has 0 aliphatic rings. The molecule has 0 amide bonds. The molecule has 0 saturated heterocycles. The maximum absolute atomic E-state index is 12.4. The fourth-order valence-electron chi connectivity index (χ4n) is 1.76. The van der Waals surface area contributed by atoms with Crippen molar-refractivity contribution < 1.29 is 18.6 Å². The van der Waals surface area contributed by atoms with Gasteiger partial charge in [-0.25, -0.2) is 8.42 Å². The molecule has 116 valence electrons. The van der Waals surface area contributed by atoms with Crippen molar-refractivity contribution in [3.63, 3.8) is 0 Å². The predicted octanol–water partition coefficient (Wildman–Crippen LogP) is 0.812. The van der Waals surface area contributed by atoms with Gasteiger partial charge in [0.1, 0.15) is 0 Å². The lowest BCUT2D eigenvalue weighted by molar-refractivity contribution is 0.0640. The summed E-state index contributed by atoms with van der Waals surface area (Å²) in [4.78, 5) is 0.130. The summed E-state index contributed by atoms with van der Waals surface area (Å²) >= 11 is 0. The topological polar surface area (TPSA) is 77.8 Å². The van der Waals surface area contributed by atoms with Gasteiger partial charge in [0.25, 0.3) is 0 Å². The number of hydrogen-bond acceptors (Lipinski definition) is 4.